The molecule has 1 aliphatic heterocycles. The maximum absolute atomic E-state index is 11.1. The molecule has 1 saturated heterocycles. The van der Waals surface area contributed by atoms with Gasteiger partial charge in [0.25, 0.3) is 5.69 Å². The number of morpholine rings is 1. The molecule has 1 aromatic rings. The molecule has 114 valence electrons. The van der Waals surface area contributed by atoms with Crippen LogP contribution in [0.2, 0.25) is 0 Å². The molecule has 0 radical (unpaired) electrons. The molecule has 6 nitrogen and oxygen atoms in total. The molecule has 1 aliphatic carbocycles. The molecular formula is C15H21N3O3. The first-order valence-electron chi connectivity index (χ1n) is 7.56. The monoisotopic (exact) mass is 291 g/mol. The highest BCUT2D eigenvalue weighted by atomic mass is 16.6. The van der Waals surface area contributed by atoms with Crippen LogP contribution in [0.15, 0.2) is 24.3 Å². The fraction of sp³-hybridized carbons (Fsp3) is 0.600. The van der Waals surface area contributed by atoms with Crippen LogP contribution in [0, 0.1) is 10.1 Å². The number of nitrogens with one attached hydrogen (secondary N) is 1. The van der Waals surface area contributed by atoms with Gasteiger partial charge < -0.3 is 10.1 Å². The summed E-state index contributed by atoms with van der Waals surface area (Å²) in [5.74, 6) is 0. The van der Waals surface area contributed by atoms with E-state index < -0.39 is 0 Å². The van der Waals surface area contributed by atoms with Gasteiger partial charge in [-0.15, -0.1) is 0 Å². The van der Waals surface area contributed by atoms with Gasteiger partial charge >= 0.3 is 0 Å². The summed E-state index contributed by atoms with van der Waals surface area (Å²) < 4.78 is 5.39. The molecule has 1 saturated carbocycles. The van der Waals surface area contributed by atoms with Crippen LogP contribution < -0.4 is 5.32 Å². The quantitative estimate of drug-likeness (QED) is 0.681. The van der Waals surface area contributed by atoms with Crippen LogP contribution in [0.1, 0.15) is 19.3 Å². The van der Waals surface area contributed by atoms with E-state index in [0.717, 1.165) is 45.6 Å². The molecule has 0 aromatic heterocycles. The lowest BCUT2D eigenvalue weighted by Gasteiger charge is -2.32. The number of nitrogens with zero attached hydrogens (tertiary/aromatic N) is 2. The largest absolute Gasteiger partial charge is 0.379 e. The van der Waals surface area contributed by atoms with E-state index >= 15 is 0 Å². The molecule has 2 atom stereocenters. The van der Waals surface area contributed by atoms with E-state index in [1.807, 2.05) is 6.07 Å². The summed E-state index contributed by atoms with van der Waals surface area (Å²) in [5.41, 5.74) is 0.794. The molecular weight excluding hydrogens is 270 g/mol. The lowest BCUT2D eigenvalue weighted by Crippen LogP contribution is -2.42. The molecule has 6 heteroatoms. The van der Waals surface area contributed by atoms with Gasteiger partial charge in [-0.2, -0.15) is 0 Å². The van der Waals surface area contributed by atoms with Crippen molar-refractivity contribution in [2.24, 2.45) is 0 Å². The molecule has 1 aromatic carbocycles. The normalized spacial score (nSPS) is 26.7. The highest BCUT2D eigenvalue weighted by Gasteiger charge is 2.30. The zero-order valence-corrected chi connectivity index (χ0v) is 12.0. The van der Waals surface area contributed by atoms with Crippen molar-refractivity contribution in [3.8, 4) is 0 Å². The van der Waals surface area contributed by atoms with E-state index in [1.54, 1.807) is 18.2 Å². The third-order valence-electron chi connectivity index (χ3n) is 4.43. The Morgan fingerprint density at radius 3 is 2.76 bits per heavy atom. The molecule has 0 spiro atoms. The molecule has 0 bridgehead atoms. The second-order valence-corrected chi connectivity index (χ2v) is 5.73. The van der Waals surface area contributed by atoms with E-state index in [1.165, 1.54) is 0 Å². The van der Waals surface area contributed by atoms with Crippen LogP contribution in [-0.2, 0) is 4.74 Å². The maximum atomic E-state index is 11.1. The van der Waals surface area contributed by atoms with Crippen molar-refractivity contribution in [3.63, 3.8) is 0 Å². The Hall–Kier alpha value is -1.66. The summed E-state index contributed by atoms with van der Waals surface area (Å²) in [6, 6.07) is 7.78. The van der Waals surface area contributed by atoms with Gasteiger partial charge in [0.1, 0.15) is 5.69 Å². The highest BCUT2D eigenvalue weighted by molar-refractivity contribution is 5.61. The van der Waals surface area contributed by atoms with Gasteiger partial charge in [-0.3, -0.25) is 15.0 Å². The number of para-hydroxylation sites is 2. The zero-order valence-electron chi connectivity index (χ0n) is 12.0. The van der Waals surface area contributed by atoms with E-state index in [-0.39, 0.29) is 10.6 Å². The minimum atomic E-state index is -0.323. The van der Waals surface area contributed by atoms with Crippen LogP contribution in [0.3, 0.4) is 0 Å². The Labute approximate surface area is 124 Å². The van der Waals surface area contributed by atoms with Crippen molar-refractivity contribution in [2.75, 3.05) is 31.6 Å². The Bertz CT molecular complexity index is 503. The average molecular weight is 291 g/mol. The maximum Gasteiger partial charge on any atom is 0.292 e. The smallest absolute Gasteiger partial charge is 0.292 e. The standard InChI is InChI=1S/C15H21N3O3/c19-18(20)15-4-2-1-3-14(15)16-12-5-6-13(11-12)17-7-9-21-10-8-17/h1-4,12-13,16H,5-11H2/t12-,13+/m0/s1. The topological polar surface area (TPSA) is 67.6 Å². The SMILES string of the molecule is O=[N+]([O-])c1ccccc1N[C@H]1CC[C@@H](N2CCOCC2)C1. The summed E-state index contributed by atoms with van der Waals surface area (Å²) in [6.45, 7) is 3.64. The lowest BCUT2D eigenvalue weighted by atomic mass is 10.2. The van der Waals surface area contributed by atoms with Crippen molar-refractivity contribution < 1.29 is 9.66 Å². The summed E-state index contributed by atoms with van der Waals surface area (Å²) >= 11 is 0. The van der Waals surface area contributed by atoms with Gasteiger partial charge in [0.2, 0.25) is 0 Å². The second kappa shape index (κ2) is 6.41. The summed E-state index contributed by atoms with van der Waals surface area (Å²) in [7, 11) is 0. The second-order valence-electron chi connectivity index (χ2n) is 5.73. The number of rotatable bonds is 4. The van der Waals surface area contributed by atoms with Crippen LogP contribution >= 0.6 is 0 Å². The minimum Gasteiger partial charge on any atom is -0.379 e. The number of nitro benzene ring substituents is 1. The predicted octanol–water partition coefficient (Wildman–Crippen LogP) is 2.26. The number of hydrogen-bond donors (Lipinski definition) is 1. The molecule has 3 rings (SSSR count). The fourth-order valence-corrected chi connectivity index (χ4v) is 3.34. The summed E-state index contributed by atoms with van der Waals surface area (Å²) in [4.78, 5) is 13.2. The highest BCUT2D eigenvalue weighted by Crippen LogP contribution is 2.30. The van der Waals surface area contributed by atoms with E-state index in [9.17, 15) is 10.1 Å². The Morgan fingerprint density at radius 1 is 1.24 bits per heavy atom. The first kappa shape index (κ1) is 14.3. The van der Waals surface area contributed by atoms with Crippen molar-refractivity contribution in [2.45, 2.75) is 31.3 Å². The number of benzene rings is 1. The lowest BCUT2D eigenvalue weighted by molar-refractivity contribution is -0.384. The first-order chi connectivity index (χ1) is 10.2. The predicted molar refractivity (Wildman–Crippen MR) is 80.5 cm³/mol. The van der Waals surface area contributed by atoms with Crippen LogP contribution in [0.5, 0.6) is 0 Å². The van der Waals surface area contributed by atoms with E-state index in [4.69, 9.17) is 4.74 Å². The third-order valence-corrected chi connectivity index (χ3v) is 4.43. The molecule has 0 unspecified atom stereocenters. The van der Waals surface area contributed by atoms with Gasteiger partial charge in [0.05, 0.1) is 18.1 Å². The molecule has 2 fully saturated rings. The van der Waals surface area contributed by atoms with Gasteiger partial charge in [0.15, 0.2) is 0 Å². The minimum absolute atomic E-state index is 0.160. The Morgan fingerprint density at radius 2 is 2.00 bits per heavy atom. The van der Waals surface area contributed by atoms with Crippen molar-refractivity contribution in [3.05, 3.63) is 34.4 Å². The number of nitro groups is 1. The number of ether oxygens (including phenoxy) is 1. The Balaban J connectivity index is 1.61. The molecule has 1 N–H and O–H groups in total. The molecule has 0 amide bonds. The summed E-state index contributed by atoms with van der Waals surface area (Å²) in [5, 5.41) is 14.4. The van der Waals surface area contributed by atoms with Crippen LogP contribution in [0.4, 0.5) is 11.4 Å². The van der Waals surface area contributed by atoms with Gasteiger partial charge in [-0.1, -0.05) is 12.1 Å². The van der Waals surface area contributed by atoms with E-state index in [0.29, 0.717) is 17.8 Å². The van der Waals surface area contributed by atoms with Gasteiger partial charge in [-0.05, 0) is 25.3 Å². The number of anilines is 1. The zero-order chi connectivity index (χ0) is 14.7. The van der Waals surface area contributed by atoms with Crippen molar-refractivity contribution >= 4 is 11.4 Å². The molecule has 2 aliphatic rings. The van der Waals surface area contributed by atoms with Crippen LogP contribution in [0.25, 0.3) is 0 Å². The first-order valence-corrected chi connectivity index (χ1v) is 7.56. The van der Waals surface area contributed by atoms with Gasteiger partial charge in [-0.25, -0.2) is 0 Å². The van der Waals surface area contributed by atoms with Crippen LogP contribution in [-0.4, -0.2) is 48.2 Å². The van der Waals surface area contributed by atoms with Crippen molar-refractivity contribution in [1.29, 1.82) is 0 Å². The third kappa shape index (κ3) is 3.33. The molecule has 21 heavy (non-hydrogen) atoms. The van der Waals surface area contributed by atoms with E-state index in [2.05, 4.69) is 10.2 Å². The summed E-state index contributed by atoms with van der Waals surface area (Å²) in [6.07, 6.45) is 3.26. The fourth-order valence-electron chi connectivity index (χ4n) is 3.34. The average Bonchev–Trinajstić information content (AvgIpc) is 2.97. The Kier molecular flexibility index (Phi) is 4.36. The molecule has 1 heterocycles. The number of hydrogen-bond acceptors (Lipinski definition) is 5. The van der Waals surface area contributed by atoms with Crippen molar-refractivity contribution in [1.82, 2.24) is 4.90 Å². The van der Waals surface area contributed by atoms with Gasteiger partial charge in [0, 0.05) is 31.2 Å².